The highest BCUT2D eigenvalue weighted by molar-refractivity contribution is 5.94. The summed E-state index contributed by atoms with van der Waals surface area (Å²) in [5, 5.41) is 12.9. The smallest absolute Gasteiger partial charge is 0.336 e. The van der Waals surface area contributed by atoms with Crippen molar-refractivity contribution >= 4 is 28.7 Å². The molecule has 0 spiro atoms. The fourth-order valence-corrected chi connectivity index (χ4v) is 4.39. The molecule has 1 fully saturated rings. The Hall–Kier alpha value is -3.55. The Kier molecular flexibility index (Phi) is 7.67. The molecule has 4 N–H and O–H groups in total. The van der Waals surface area contributed by atoms with Gasteiger partial charge in [-0.25, -0.2) is 4.79 Å². The van der Waals surface area contributed by atoms with Gasteiger partial charge in [-0.15, -0.1) is 0 Å². The topological polar surface area (TPSA) is 91.1 Å². The van der Waals surface area contributed by atoms with E-state index >= 15 is 0 Å². The van der Waals surface area contributed by atoms with Crippen molar-refractivity contribution in [2.45, 2.75) is 13.0 Å². The molecule has 0 unspecified atom stereocenters. The van der Waals surface area contributed by atoms with Crippen LogP contribution in [0.3, 0.4) is 0 Å². The van der Waals surface area contributed by atoms with E-state index in [2.05, 4.69) is 57.6 Å². The molecule has 3 aromatic rings. The Morgan fingerprint density at radius 1 is 1.03 bits per heavy atom. The monoisotopic (exact) mass is 460 g/mol. The summed E-state index contributed by atoms with van der Waals surface area (Å²) in [5.41, 5.74) is 11.7. The van der Waals surface area contributed by atoms with E-state index in [1.165, 1.54) is 5.56 Å². The Bertz CT molecular complexity index is 1110. The van der Waals surface area contributed by atoms with Gasteiger partial charge in [0.25, 0.3) is 0 Å². The maximum atomic E-state index is 11.6. The molecule has 0 bridgehead atoms. The number of nitrogens with two attached hydrogens (primary N) is 1. The van der Waals surface area contributed by atoms with Gasteiger partial charge in [0.2, 0.25) is 0 Å². The number of ether oxygens (including phenoxy) is 1. The Morgan fingerprint density at radius 3 is 2.50 bits per heavy atom. The summed E-state index contributed by atoms with van der Waals surface area (Å²) in [6, 6.07) is 22.2. The average molecular weight is 461 g/mol. The van der Waals surface area contributed by atoms with Crippen molar-refractivity contribution < 1.29 is 14.6 Å². The minimum Gasteiger partial charge on any atom is -0.478 e. The third kappa shape index (κ3) is 5.68. The molecule has 7 heteroatoms. The second-order valence-corrected chi connectivity index (χ2v) is 8.52. The summed E-state index contributed by atoms with van der Waals surface area (Å²) in [5.74, 6) is -0.988. The van der Waals surface area contributed by atoms with Crippen molar-refractivity contribution in [2.24, 2.45) is 0 Å². The van der Waals surface area contributed by atoms with E-state index in [0.29, 0.717) is 30.0 Å². The number of aromatic carboxylic acids is 1. The lowest BCUT2D eigenvalue weighted by molar-refractivity contribution is 0.0695. The SMILES string of the molecule is COCCc1c(C(=O)O)ccc(Nc2cccc(N3CCN(Cc4ccccc4)CC3)c2)c1N. The van der Waals surface area contributed by atoms with Crippen LogP contribution in [-0.4, -0.2) is 55.9 Å². The highest BCUT2D eigenvalue weighted by Gasteiger charge is 2.19. The lowest BCUT2D eigenvalue weighted by Crippen LogP contribution is -2.45. The van der Waals surface area contributed by atoms with Gasteiger partial charge in [0.05, 0.1) is 23.5 Å². The molecule has 1 heterocycles. The zero-order chi connectivity index (χ0) is 23.9. The first kappa shape index (κ1) is 23.6. The van der Waals surface area contributed by atoms with Crippen molar-refractivity contribution in [1.82, 2.24) is 4.90 Å². The predicted octanol–water partition coefficient (Wildman–Crippen LogP) is 4.22. The van der Waals surface area contributed by atoms with Crippen molar-refractivity contribution in [1.29, 1.82) is 0 Å². The molecule has 3 aromatic carbocycles. The largest absolute Gasteiger partial charge is 0.478 e. The normalized spacial score (nSPS) is 14.2. The molecule has 34 heavy (non-hydrogen) atoms. The summed E-state index contributed by atoms with van der Waals surface area (Å²) in [4.78, 5) is 16.5. The van der Waals surface area contributed by atoms with E-state index in [9.17, 15) is 9.90 Å². The van der Waals surface area contributed by atoms with Gasteiger partial charge in [0.15, 0.2) is 0 Å². The number of methoxy groups -OCH3 is 1. The number of nitrogens with zero attached hydrogens (tertiary/aromatic N) is 2. The fourth-order valence-electron chi connectivity index (χ4n) is 4.39. The van der Waals surface area contributed by atoms with Crippen LogP contribution in [-0.2, 0) is 17.7 Å². The number of carboxylic acid groups (broad SMARTS) is 1. The molecule has 0 atom stereocenters. The van der Waals surface area contributed by atoms with Crippen LogP contribution in [0.4, 0.5) is 22.7 Å². The van der Waals surface area contributed by atoms with Gasteiger partial charge in [0, 0.05) is 51.2 Å². The molecule has 0 amide bonds. The predicted molar refractivity (Wildman–Crippen MR) is 137 cm³/mol. The van der Waals surface area contributed by atoms with Crippen molar-refractivity contribution in [3.8, 4) is 0 Å². The quantitative estimate of drug-likeness (QED) is 0.412. The van der Waals surface area contributed by atoms with E-state index < -0.39 is 5.97 Å². The average Bonchev–Trinajstić information content (AvgIpc) is 2.85. The number of anilines is 4. The van der Waals surface area contributed by atoms with Gasteiger partial charge >= 0.3 is 5.97 Å². The van der Waals surface area contributed by atoms with E-state index in [-0.39, 0.29) is 5.56 Å². The van der Waals surface area contributed by atoms with E-state index in [1.807, 2.05) is 12.1 Å². The summed E-state index contributed by atoms with van der Waals surface area (Å²) < 4.78 is 5.14. The molecular weight excluding hydrogens is 428 g/mol. The zero-order valence-corrected chi connectivity index (χ0v) is 19.5. The molecule has 1 saturated heterocycles. The third-order valence-electron chi connectivity index (χ3n) is 6.26. The highest BCUT2D eigenvalue weighted by atomic mass is 16.5. The maximum Gasteiger partial charge on any atom is 0.336 e. The van der Waals surface area contributed by atoms with Crippen LogP contribution in [0.25, 0.3) is 0 Å². The van der Waals surface area contributed by atoms with Crippen molar-refractivity contribution in [2.75, 3.05) is 55.8 Å². The van der Waals surface area contributed by atoms with E-state index in [1.54, 1.807) is 19.2 Å². The van der Waals surface area contributed by atoms with Crippen LogP contribution < -0.4 is 16.0 Å². The van der Waals surface area contributed by atoms with Crippen LogP contribution in [0, 0.1) is 0 Å². The molecule has 0 aromatic heterocycles. The molecular formula is C27H32N4O3. The summed E-state index contributed by atoms with van der Waals surface area (Å²) in [6.45, 7) is 5.34. The number of benzene rings is 3. The van der Waals surface area contributed by atoms with Crippen molar-refractivity contribution in [3.05, 3.63) is 83.4 Å². The highest BCUT2D eigenvalue weighted by Crippen LogP contribution is 2.31. The first-order valence-corrected chi connectivity index (χ1v) is 11.6. The number of nitrogens with one attached hydrogen (secondary N) is 1. The molecule has 0 aliphatic carbocycles. The Balaban J connectivity index is 1.44. The number of rotatable bonds is 9. The van der Waals surface area contributed by atoms with Gasteiger partial charge in [-0.3, -0.25) is 4.90 Å². The van der Waals surface area contributed by atoms with Gasteiger partial charge in [-0.05, 0) is 47.9 Å². The maximum absolute atomic E-state index is 11.6. The molecule has 7 nitrogen and oxygen atoms in total. The lowest BCUT2D eigenvalue weighted by atomic mass is 10.0. The van der Waals surface area contributed by atoms with E-state index in [0.717, 1.165) is 44.1 Å². The van der Waals surface area contributed by atoms with Crippen LogP contribution in [0.2, 0.25) is 0 Å². The fraction of sp³-hybridized carbons (Fsp3) is 0.296. The van der Waals surface area contributed by atoms with Gasteiger partial charge in [-0.2, -0.15) is 0 Å². The molecule has 1 aliphatic rings. The second kappa shape index (κ2) is 11.0. The second-order valence-electron chi connectivity index (χ2n) is 8.52. The number of hydrogen-bond acceptors (Lipinski definition) is 6. The van der Waals surface area contributed by atoms with Crippen LogP contribution in [0.5, 0.6) is 0 Å². The van der Waals surface area contributed by atoms with Gasteiger partial charge in [0.1, 0.15) is 0 Å². The molecule has 4 rings (SSSR count). The molecule has 0 saturated carbocycles. The number of piperazine rings is 1. The lowest BCUT2D eigenvalue weighted by Gasteiger charge is -2.36. The first-order chi connectivity index (χ1) is 16.5. The Morgan fingerprint density at radius 2 is 1.79 bits per heavy atom. The first-order valence-electron chi connectivity index (χ1n) is 11.6. The number of nitrogen functional groups attached to an aromatic ring is 1. The molecule has 1 aliphatic heterocycles. The van der Waals surface area contributed by atoms with Gasteiger partial charge in [-0.1, -0.05) is 36.4 Å². The molecule has 178 valence electrons. The molecule has 0 radical (unpaired) electrons. The summed E-state index contributed by atoms with van der Waals surface area (Å²) in [6.07, 6.45) is 0.437. The number of carbonyl (C=O) groups is 1. The van der Waals surface area contributed by atoms with E-state index in [4.69, 9.17) is 10.5 Å². The summed E-state index contributed by atoms with van der Waals surface area (Å²) >= 11 is 0. The van der Waals surface area contributed by atoms with Crippen LogP contribution in [0.1, 0.15) is 21.5 Å². The van der Waals surface area contributed by atoms with Crippen molar-refractivity contribution in [3.63, 3.8) is 0 Å². The van der Waals surface area contributed by atoms with Crippen LogP contribution in [0.15, 0.2) is 66.7 Å². The minimum absolute atomic E-state index is 0.210. The minimum atomic E-state index is -0.988. The zero-order valence-electron chi connectivity index (χ0n) is 19.5. The van der Waals surface area contributed by atoms with Gasteiger partial charge < -0.3 is 25.8 Å². The standard InChI is InChI=1S/C27H32N4O3/c1-34-17-12-23-24(27(32)33)10-11-25(26(23)28)29-21-8-5-9-22(18-21)31-15-13-30(14-16-31)19-20-6-3-2-4-7-20/h2-11,18,29H,12-17,19,28H2,1H3,(H,32,33). The Labute approximate surface area is 200 Å². The number of carboxylic acids is 1. The van der Waals surface area contributed by atoms with Crippen LogP contribution >= 0.6 is 0 Å². The summed E-state index contributed by atoms with van der Waals surface area (Å²) in [7, 11) is 1.59. The third-order valence-corrected chi connectivity index (χ3v) is 6.26. The number of hydrogen-bond donors (Lipinski definition) is 3.